The van der Waals surface area contributed by atoms with E-state index in [-0.39, 0.29) is 18.0 Å². The maximum Gasteiger partial charge on any atom is 0.319 e. The second kappa shape index (κ2) is 6.72. The van der Waals surface area contributed by atoms with Crippen LogP contribution in [0.15, 0.2) is 30.7 Å². The molecule has 1 atom stereocenters. The molecule has 2 rings (SSSR count). The number of hydrogen-bond acceptors (Lipinski definition) is 4. The summed E-state index contributed by atoms with van der Waals surface area (Å²) in [5.41, 5.74) is 0.831. The monoisotopic (exact) mass is 298 g/mol. The topological polar surface area (TPSA) is 95.6 Å². The summed E-state index contributed by atoms with van der Waals surface area (Å²) in [6.45, 7) is 4.03. The van der Waals surface area contributed by atoms with Crippen molar-refractivity contribution in [3.05, 3.63) is 42.2 Å². The Morgan fingerprint density at radius 1 is 1.36 bits per heavy atom. The van der Waals surface area contributed by atoms with Crippen LogP contribution in [0.4, 0.5) is 10.5 Å². The van der Waals surface area contributed by atoms with E-state index in [1.165, 1.54) is 6.20 Å². The van der Waals surface area contributed by atoms with Crippen molar-refractivity contribution in [3.63, 3.8) is 0 Å². The maximum absolute atomic E-state index is 12.1. The van der Waals surface area contributed by atoms with E-state index in [0.29, 0.717) is 11.4 Å². The van der Waals surface area contributed by atoms with E-state index in [2.05, 4.69) is 20.6 Å². The zero-order valence-corrected chi connectivity index (χ0v) is 12.7. The highest BCUT2D eigenvalue weighted by Crippen LogP contribution is 2.19. The lowest BCUT2D eigenvalue weighted by molar-refractivity contribution is 0.243. The van der Waals surface area contributed by atoms with Crippen LogP contribution >= 0.6 is 0 Å². The number of hydrogen-bond donors (Lipinski definition) is 2. The summed E-state index contributed by atoms with van der Waals surface area (Å²) in [5, 5.41) is 14.3. The number of carbonyl (C=O) groups is 1. The molecule has 0 aromatic carbocycles. The smallest absolute Gasteiger partial charge is 0.319 e. The van der Waals surface area contributed by atoms with Crippen molar-refractivity contribution in [3.8, 4) is 6.07 Å². The molecule has 114 valence electrons. The van der Waals surface area contributed by atoms with E-state index in [4.69, 9.17) is 5.26 Å². The maximum atomic E-state index is 12.1. The zero-order chi connectivity index (χ0) is 16.1. The van der Waals surface area contributed by atoms with Crippen LogP contribution in [-0.4, -0.2) is 20.6 Å². The molecule has 2 amide bonds. The number of nitriles is 1. The van der Waals surface area contributed by atoms with Crippen molar-refractivity contribution in [2.45, 2.75) is 19.9 Å². The van der Waals surface area contributed by atoms with Crippen molar-refractivity contribution in [2.75, 3.05) is 5.32 Å². The zero-order valence-electron chi connectivity index (χ0n) is 12.7. The lowest BCUT2D eigenvalue weighted by Gasteiger charge is -2.22. The van der Waals surface area contributed by atoms with Crippen LogP contribution in [0.25, 0.3) is 0 Å². The number of pyridine rings is 1. The van der Waals surface area contributed by atoms with E-state index in [1.54, 1.807) is 18.3 Å². The Labute approximate surface area is 129 Å². The minimum Gasteiger partial charge on any atom is -0.336 e. The third-order valence-electron chi connectivity index (χ3n) is 3.23. The van der Waals surface area contributed by atoms with Gasteiger partial charge in [-0.1, -0.05) is 13.8 Å². The van der Waals surface area contributed by atoms with Crippen LogP contribution in [0.3, 0.4) is 0 Å². The van der Waals surface area contributed by atoms with Crippen molar-refractivity contribution in [1.82, 2.24) is 19.9 Å². The average Bonchev–Trinajstić information content (AvgIpc) is 2.91. The summed E-state index contributed by atoms with van der Waals surface area (Å²) in [7, 11) is 1.89. The Bertz CT molecular complexity index is 683. The number of carbonyl (C=O) groups excluding carboxylic acids is 1. The molecule has 2 aromatic heterocycles. The molecule has 0 spiro atoms. The largest absolute Gasteiger partial charge is 0.336 e. The first kappa shape index (κ1) is 15.5. The molecular formula is C15H18N6O. The fraction of sp³-hybridized carbons (Fsp3) is 0.333. The van der Waals surface area contributed by atoms with Gasteiger partial charge in [-0.3, -0.25) is 0 Å². The highest BCUT2D eigenvalue weighted by Gasteiger charge is 2.21. The first-order chi connectivity index (χ1) is 10.5. The Morgan fingerprint density at radius 2 is 2.14 bits per heavy atom. The molecule has 2 N–H and O–H groups in total. The van der Waals surface area contributed by atoms with E-state index in [0.717, 1.165) is 5.82 Å². The molecule has 7 heteroatoms. The van der Waals surface area contributed by atoms with Crippen LogP contribution in [0, 0.1) is 17.2 Å². The number of rotatable bonds is 4. The first-order valence-corrected chi connectivity index (χ1v) is 6.92. The van der Waals surface area contributed by atoms with Gasteiger partial charge in [-0.05, 0) is 18.1 Å². The van der Waals surface area contributed by atoms with Gasteiger partial charge in [-0.25, -0.2) is 14.8 Å². The van der Waals surface area contributed by atoms with Gasteiger partial charge < -0.3 is 15.2 Å². The Balaban J connectivity index is 2.05. The Morgan fingerprint density at radius 3 is 2.64 bits per heavy atom. The van der Waals surface area contributed by atoms with Crippen molar-refractivity contribution < 1.29 is 4.79 Å². The van der Waals surface area contributed by atoms with E-state index >= 15 is 0 Å². The molecular weight excluding hydrogens is 280 g/mol. The number of anilines is 1. The summed E-state index contributed by atoms with van der Waals surface area (Å²) >= 11 is 0. The SMILES string of the molecule is CC(C)[C@H](NC(=O)Nc1ccc(C#N)nc1)c1nccn1C. The van der Waals surface area contributed by atoms with Crippen LogP contribution in [0.5, 0.6) is 0 Å². The van der Waals surface area contributed by atoms with Crippen LogP contribution in [0.2, 0.25) is 0 Å². The molecule has 0 saturated carbocycles. The van der Waals surface area contributed by atoms with E-state index < -0.39 is 0 Å². The van der Waals surface area contributed by atoms with Gasteiger partial charge in [-0.15, -0.1) is 0 Å². The molecule has 0 aliphatic carbocycles. The summed E-state index contributed by atoms with van der Waals surface area (Å²) in [6.07, 6.45) is 4.99. The van der Waals surface area contributed by atoms with Gasteiger partial charge in [0.05, 0.1) is 17.9 Å². The molecule has 22 heavy (non-hydrogen) atoms. The Kier molecular flexibility index (Phi) is 4.73. The van der Waals surface area contributed by atoms with Gasteiger partial charge in [0, 0.05) is 19.4 Å². The van der Waals surface area contributed by atoms with Crippen molar-refractivity contribution in [2.24, 2.45) is 13.0 Å². The number of nitrogens with one attached hydrogen (secondary N) is 2. The summed E-state index contributed by atoms with van der Waals surface area (Å²) in [4.78, 5) is 20.3. The molecule has 2 aromatic rings. The molecule has 0 radical (unpaired) electrons. The third-order valence-corrected chi connectivity index (χ3v) is 3.23. The molecule has 0 aliphatic heterocycles. The van der Waals surface area contributed by atoms with Gasteiger partial charge in [0.25, 0.3) is 0 Å². The summed E-state index contributed by atoms with van der Waals surface area (Å²) in [5.74, 6) is 0.981. The van der Waals surface area contributed by atoms with Crippen molar-refractivity contribution >= 4 is 11.7 Å². The molecule has 2 heterocycles. The number of aryl methyl sites for hydroxylation is 1. The first-order valence-electron chi connectivity index (χ1n) is 6.92. The lowest BCUT2D eigenvalue weighted by Crippen LogP contribution is -2.36. The second-order valence-corrected chi connectivity index (χ2v) is 5.26. The molecule has 0 unspecified atom stereocenters. The third kappa shape index (κ3) is 3.61. The normalized spacial score (nSPS) is 11.8. The fourth-order valence-corrected chi connectivity index (χ4v) is 2.05. The predicted octanol–water partition coefficient (Wildman–Crippen LogP) is 2.21. The molecule has 7 nitrogen and oxygen atoms in total. The fourth-order valence-electron chi connectivity index (χ4n) is 2.05. The average molecular weight is 298 g/mol. The van der Waals surface area contributed by atoms with Gasteiger partial charge in [0.1, 0.15) is 17.6 Å². The number of aromatic nitrogens is 3. The minimum absolute atomic E-state index is 0.186. The Hall–Kier alpha value is -2.88. The molecule has 0 aliphatic rings. The summed E-state index contributed by atoms with van der Waals surface area (Å²) < 4.78 is 1.88. The van der Waals surface area contributed by atoms with E-state index in [1.807, 2.05) is 37.7 Å². The second-order valence-electron chi connectivity index (χ2n) is 5.26. The minimum atomic E-state index is -0.340. The molecule has 0 fully saturated rings. The highest BCUT2D eigenvalue weighted by atomic mass is 16.2. The van der Waals surface area contributed by atoms with Gasteiger partial charge >= 0.3 is 6.03 Å². The number of nitrogens with zero attached hydrogens (tertiary/aromatic N) is 4. The van der Waals surface area contributed by atoms with Crippen LogP contribution in [-0.2, 0) is 7.05 Å². The summed E-state index contributed by atoms with van der Waals surface area (Å²) in [6, 6.07) is 4.57. The molecule has 0 saturated heterocycles. The van der Waals surface area contributed by atoms with Crippen molar-refractivity contribution in [1.29, 1.82) is 5.26 Å². The van der Waals surface area contributed by atoms with Gasteiger partial charge in [-0.2, -0.15) is 5.26 Å². The highest BCUT2D eigenvalue weighted by molar-refractivity contribution is 5.89. The lowest BCUT2D eigenvalue weighted by atomic mass is 10.0. The molecule has 0 bridgehead atoms. The standard InChI is InChI=1S/C15H18N6O/c1-10(2)13(14-17-6-7-21(14)3)20-15(22)19-12-5-4-11(8-16)18-9-12/h4-7,9-10,13H,1-3H3,(H2,19,20,22)/t13-/m0/s1. The number of imidazole rings is 1. The number of amides is 2. The van der Waals surface area contributed by atoms with Crippen LogP contribution in [0.1, 0.15) is 31.4 Å². The van der Waals surface area contributed by atoms with E-state index in [9.17, 15) is 4.79 Å². The predicted molar refractivity (Wildman–Crippen MR) is 81.9 cm³/mol. The van der Waals surface area contributed by atoms with Gasteiger partial charge in [0.2, 0.25) is 0 Å². The van der Waals surface area contributed by atoms with Gasteiger partial charge in [0.15, 0.2) is 0 Å². The van der Waals surface area contributed by atoms with Crippen LogP contribution < -0.4 is 10.6 Å². The quantitative estimate of drug-likeness (QED) is 0.904. The number of urea groups is 1.